The SMILES string of the molecule is CC(=O)OC[C@@]1(CBr)S[C@@H]2C(NC(=O)Cc3ccccc3)C(=O)N2[C@H]1C(=O)OCC(Cl)(Cl)Cl. The molecule has 180 valence electrons. The molecule has 4 atom stereocenters. The zero-order valence-corrected chi connectivity index (χ0v) is 21.9. The van der Waals surface area contributed by atoms with Crippen LogP contribution in [0.3, 0.4) is 0 Å². The molecular formula is C20H20BrCl3N2O6S. The van der Waals surface area contributed by atoms with E-state index in [-0.39, 0.29) is 24.3 Å². The molecule has 13 heteroatoms. The average molecular weight is 603 g/mol. The van der Waals surface area contributed by atoms with Gasteiger partial charge in [0.25, 0.3) is 0 Å². The van der Waals surface area contributed by atoms with E-state index in [1.165, 1.54) is 23.6 Å². The molecule has 8 nitrogen and oxygen atoms in total. The summed E-state index contributed by atoms with van der Waals surface area (Å²) in [6, 6.07) is 7.14. The van der Waals surface area contributed by atoms with Crippen LogP contribution in [0.1, 0.15) is 12.5 Å². The van der Waals surface area contributed by atoms with Crippen LogP contribution in [0.25, 0.3) is 0 Å². The van der Waals surface area contributed by atoms with Crippen molar-refractivity contribution < 1.29 is 28.7 Å². The van der Waals surface area contributed by atoms with E-state index in [1.807, 2.05) is 30.3 Å². The minimum absolute atomic E-state index is 0.105. The smallest absolute Gasteiger partial charge is 0.330 e. The van der Waals surface area contributed by atoms with Crippen molar-refractivity contribution in [3.63, 3.8) is 0 Å². The van der Waals surface area contributed by atoms with Gasteiger partial charge in [-0.3, -0.25) is 14.4 Å². The molecule has 1 N–H and O–H groups in total. The Morgan fingerprint density at radius 3 is 2.45 bits per heavy atom. The van der Waals surface area contributed by atoms with Crippen LogP contribution in [0.15, 0.2) is 30.3 Å². The predicted molar refractivity (Wildman–Crippen MR) is 128 cm³/mol. The summed E-state index contributed by atoms with van der Waals surface area (Å²) in [7, 11) is 0. The quantitative estimate of drug-likeness (QED) is 0.277. The summed E-state index contributed by atoms with van der Waals surface area (Å²) in [6.45, 7) is 0.550. The Morgan fingerprint density at radius 1 is 1.21 bits per heavy atom. The minimum atomic E-state index is -1.83. The number of alkyl halides is 4. The second-order valence-corrected chi connectivity index (χ2v) is 12.2. The number of carbonyl (C=O) groups excluding carboxylic acids is 4. The molecule has 2 fully saturated rings. The first-order valence-corrected chi connectivity index (χ1v) is 12.9. The monoisotopic (exact) mass is 600 g/mol. The number of thioether (sulfide) groups is 1. The number of carbonyl (C=O) groups is 4. The molecule has 1 unspecified atom stereocenters. The molecule has 33 heavy (non-hydrogen) atoms. The summed E-state index contributed by atoms with van der Waals surface area (Å²) < 4.78 is 7.47. The summed E-state index contributed by atoms with van der Waals surface area (Å²) in [6.07, 6.45) is 0.105. The van der Waals surface area contributed by atoms with Gasteiger partial charge in [0, 0.05) is 12.3 Å². The van der Waals surface area contributed by atoms with Crippen LogP contribution in [0.5, 0.6) is 0 Å². The van der Waals surface area contributed by atoms with Crippen molar-refractivity contribution in [2.24, 2.45) is 0 Å². The number of fused-ring (bicyclic) bond motifs is 1. The van der Waals surface area contributed by atoms with Gasteiger partial charge in [0.1, 0.15) is 30.7 Å². The molecule has 2 amide bonds. The zero-order chi connectivity index (χ0) is 24.4. The van der Waals surface area contributed by atoms with E-state index in [9.17, 15) is 19.2 Å². The van der Waals surface area contributed by atoms with Gasteiger partial charge in [0.2, 0.25) is 15.6 Å². The molecule has 1 aromatic carbocycles. The molecule has 0 bridgehead atoms. The summed E-state index contributed by atoms with van der Waals surface area (Å²) in [5.74, 6) is -2.12. The van der Waals surface area contributed by atoms with Crippen molar-refractivity contribution in [2.75, 3.05) is 18.5 Å². The highest BCUT2D eigenvalue weighted by Gasteiger charge is 2.67. The standard InChI is InChI=1S/C20H20BrCl3N2O6S/c1-11(27)31-9-19(8-21)15(18(30)32-10-20(22,23)24)26-16(29)14(17(26)33-19)25-13(28)7-12-5-3-2-4-6-12/h2-6,14-15,17H,7-10H2,1H3,(H,25,28)/t14?,15-,17+,19+/m0/s1. The molecule has 0 spiro atoms. The first-order valence-electron chi connectivity index (χ1n) is 9.73. The summed E-state index contributed by atoms with van der Waals surface area (Å²) in [5.41, 5.74) is 0.801. The minimum Gasteiger partial charge on any atom is -0.464 e. The van der Waals surface area contributed by atoms with E-state index in [1.54, 1.807) is 0 Å². The van der Waals surface area contributed by atoms with Gasteiger partial charge >= 0.3 is 11.9 Å². The number of benzene rings is 1. The predicted octanol–water partition coefficient (Wildman–Crippen LogP) is 2.61. The van der Waals surface area contributed by atoms with Crippen molar-refractivity contribution in [2.45, 2.75) is 39.3 Å². The molecule has 1 aromatic rings. The molecule has 2 saturated heterocycles. The maximum absolute atomic E-state index is 13.0. The Morgan fingerprint density at radius 2 is 1.88 bits per heavy atom. The lowest BCUT2D eigenvalue weighted by atomic mass is 9.94. The summed E-state index contributed by atoms with van der Waals surface area (Å²) >= 11 is 21.7. The van der Waals surface area contributed by atoms with Crippen molar-refractivity contribution in [3.8, 4) is 0 Å². The normalized spacial score (nSPS) is 26.3. The number of hydrogen-bond acceptors (Lipinski definition) is 7. The molecule has 0 aromatic heterocycles. The fourth-order valence-corrected chi connectivity index (χ4v) is 6.32. The van der Waals surface area contributed by atoms with E-state index >= 15 is 0 Å². The fourth-order valence-electron chi connectivity index (χ4n) is 3.62. The maximum atomic E-state index is 13.0. The molecule has 3 rings (SSSR count). The highest BCUT2D eigenvalue weighted by atomic mass is 79.9. The van der Waals surface area contributed by atoms with E-state index in [0.29, 0.717) is 0 Å². The molecule has 0 radical (unpaired) electrons. The highest BCUT2D eigenvalue weighted by Crippen LogP contribution is 2.52. The Labute approximate surface area is 218 Å². The van der Waals surface area contributed by atoms with Gasteiger partial charge < -0.3 is 19.7 Å². The molecule has 0 aliphatic carbocycles. The van der Waals surface area contributed by atoms with E-state index in [4.69, 9.17) is 44.3 Å². The lowest BCUT2D eigenvalue weighted by molar-refractivity contribution is -0.165. The summed E-state index contributed by atoms with van der Waals surface area (Å²) in [5, 5.41) is 2.37. The van der Waals surface area contributed by atoms with Gasteiger partial charge in [-0.1, -0.05) is 81.1 Å². The molecule has 2 aliphatic heterocycles. The van der Waals surface area contributed by atoms with Gasteiger partial charge in [-0.05, 0) is 5.56 Å². The Hall–Kier alpha value is -1.20. The summed E-state index contributed by atoms with van der Waals surface area (Å²) in [4.78, 5) is 51.2. The maximum Gasteiger partial charge on any atom is 0.330 e. The molecule has 0 saturated carbocycles. The third kappa shape index (κ3) is 6.08. The van der Waals surface area contributed by atoms with Crippen LogP contribution < -0.4 is 5.32 Å². The van der Waals surface area contributed by atoms with E-state index in [2.05, 4.69) is 21.2 Å². The second-order valence-electron chi connectivity index (χ2n) is 7.57. The third-order valence-electron chi connectivity index (χ3n) is 5.08. The number of β-lactam (4-membered cyclic amide) rings is 1. The van der Waals surface area contributed by atoms with Gasteiger partial charge in [0.15, 0.2) is 0 Å². The zero-order valence-electron chi connectivity index (χ0n) is 17.3. The van der Waals surface area contributed by atoms with Crippen molar-refractivity contribution in [1.82, 2.24) is 10.2 Å². The van der Waals surface area contributed by atoms with Crippen molar-refractivity contribution >= 4 is 86.2 Å². The third-order valence-corrected chi connectivity index (χ3v) is 8.48. The first-order chi connectivity index (χ1) is 15.5. The van der Waals surface area contributed by atoms with Crippen LogP contribution in [0.2, 0.25) is 0 Å². The lowest BCUT2D eigenvalue weighted by Gasteiger charge is -2.44. The number of rotatable bonds is 8. The number of nitrogens with one attached hydrogen (secondary N) is 1. The number of halogens is 4. The number of esters is 2. The Balaban J connectivity index is 1.78. The number of nitrogens with zero attached hydrogens (tertiary/aromatic N) is 1. The average Bonchev–Trinajstić information content (AvgIpc) is 3.06. The van der Waals surface area contributed by atoms with Gasteiger partial charge in [-0.2, -0.15) is 0 Å². The van der Waals surface area contributed by atoms with E-state index < -0.39 is 50.4 Å². The second kappa shape index (κ2) is 10.6. The molecule has 2 heterocycles. The number of hydrogen-bond donors (Lipinski definition) is 1. The van der Waals surface area contributed by atoms with Crippen LogP contribution >= 0.6 is 62.5 Å². The van der Waals surface area contributed by atoms with Crippen LogP contribution in [-0.4, -0.2) is 73.2 Å². The van der Waals surface area contributed by atoms with Gasteiger partial charge in [0.05, 0.1) is 11.2 Å². The van der Waals surface area contributed by atoms with Crippen LogP contribution in [0, 0.1) is 0 Å². The largest absolute Gasteiger partial charge is 0.464 e. The van der Waals surface area contributed by atoms with Crippen molar-refractivity contribution in [3.05, 3.63) is 35.9 Å². The topological polar surface area (TPSA) is 102 Å². The molecule has 2 aliphatic rings. The van der Waals surface area contributed by atoms with Gasteiger partial charge in [-0.25, -0.2) is 4.79 Å². The number of amides is 2. The highest BCUT2D eigenvalue weighted by molar-refractivity contribution is 9.09. The lowest BCUT2D eigenvalue weighted by Crippen LogP contribution is -2.71. The van der Waals surface area contributed by atoms with Crippen LogP contribution in [0.4, 0.5) is 0 Å². The molecular weight excluding hydrogens is 583 g/mol. The van der Waals surface area contributed by atoms with Crippen LogP contribution in [-0.2, 0) is 35.1 Å². The Bertz CT molecular complexity index is 934. The first kappa shape index (κ1) is 26.4. The van der Waals surface area contributed by atoms with Crippen molar-refractivity contribution in [1.29, 1.82) is 0 Å². The number of ether oxygens (including phenoxy) is 2. The van der Waals surface area contributed by atoms with E-state index in [0.717, 1.165) is 5.56 Å². The fraction of sp³-hybridized carbons (Fsp3) is 0.500. The Kier molecular flexibility index (Phi) is 8.48. The van der Waals surface area contributed by atoms with Gasteiger partial charge in [-0.15, -0.1) is 11.8 Å².